The van der Waals surface area contributed by atoms with Crippen molar-refractivity contribution in [3.05, 3.63) is 60.0 Å². The van der Waals surface area contributed by atoms with Crippen LogP contribution in [0.25, 0.3) is 11.3 Å². The van der Waals surface area contributed by atoms with Gasteiger partial charge in [0.15, 0.2) is 11.5 Å². The molecule has 0 spiro atoms. The first-order valence-corrected chi connectivity index (χ1v) is 8.21. The third-order valence-corrected chi connectivity index (χ3v) is 4.45. The largest absolute Gasteiger partial charge is 0.390 e. The molecule has 4 rings (SSSR count). The number of nitrogens with one attached hydrogen (secondary N) is 1. The lowest BCUT2D eigenvalue weighted by Crippen LogP contribution is -2.45. The number of hydrogen-bond donors (Lipinski definition) is 2. The number of amides is 1. The zero-order chi connectivity index (χ0) is 17.2. The normalized spacial score (nSPS) is 19.4. The van der Waals surface area contributed by atoms with Gasteiger partial charge in [0.05, 0.1) is 18.3 Å². The Hall–Kier alpha value is -2.93. The van der Waals surface area contributed by atoms with Gasteiger partial charge in [-0.1, -0.05) is 35.5 Å². The van der Waals surface area contributed by atoms with E-state index in [4.69, 9.17) is 9.63 Å². The van der Waals surface area contributed by atoms with Crippen LogP contribution in [0.3, 0.4) is 0 Å². The average molecular weight is 338 g/mol. The Morgan fingerprint density at radius 3 is 2.80 bits per heavy atom. The Morgan fingerprint density at radius 1 is 1.28 bits per heavy atom. The fraction of sp³-hybridized carbons (Fsp3) is 0.278. The number of hydrogen-bond acceptors (Lipinski definition) is 5. The fourth-order valence-corrected chi connectivity index (χ4v) is 2.97. The van der Waals surface area contributed by atoms with Crippen LogP contribution in [0.5, 0.6) is 0 Å². The number of benzene rings is 1. The van der Waals surface area contributed by atoms with Gasteiger partial charge in [0, 0.05) is 23.9 Å². The predicted octanol–water partition coefficient (Wildman–Crippen LogP) is 2.16. The molecule has 1 aliphatic rings. The molecule has 2 N–H and O–H groups in total. The van der Waals surface area contributed by atoms with Crippen LogP contribution in [0.2, 0.25) is 0 Å². The van der Waals surface area contributed by atoms with Crippen LogP contribution in [0.15, 0.2) is 53.2 Å². The second-order valence-electron chi connectivity index (χ2n) is 6.18. The van der Waals surface area contributed by atoms with Crippen molar-refractivity contribution >= 4 is 5.91 Å². The van der Waals surface area contributed by atoms with Crippen molar-refractivity contribution in [2.24, 2.45) is 0 Å². The molecular formula is C18H18N4O3. The molecule has 2 heterocycles. The molecule has 7 nitrogen and oxygen atoms in total. The lowest BCUT2D eigenvalue weighted by atomic mass is 9.87. The molecule has 1 aliphatic carbocycles. The number of nitrogens with zero attached hydrogens (tertiary/aromatic N) is 3. The number of aliphatic hydroxyl groups excluding tert-OH is 1. The van der Waals surface area contributed by atoms with Crippen LogP contribution in [0.4, 0.5) is 0 Å². The minimum Gasteiger partial charge on any atom is -0.390 e. The first-order valence-electron chi connectivity index (χ1n) is 8.21. The lowest BCUT2D eigenvalue weighted by molar-refractivity contribution is 0.0879. The molecule has 25 heavy (non-hydrogen) atoms. The van der Waals surface area contributed by atoms with E-state index in [0.29, 0.717) is 11.5 Å². The third kappa shape index (κ3) is 3.18. The summed E-state index contributed by atoms with van der Waals surface area (Å²) in [6, 6.07) is 13.3. The van der Waals surface area contributed by atoms with Gasteiger partial charge in [-0.25, -0.2) is 0 Å². The lowest BCUT2D eigenvalue weighted by Gasteiger charge is -2.35. The SMILES string of the molecule is O=C(N[C@H]1C[C@@H](n2ccc(CO)n2)C1)c1cc(-c2ccccc2)on1. The van der Waals surface area contributed by atoms with Crippen LogP contribution in [0, 0.1) is 0 Å². The maximum absolute atomic E-state index is 12.3. The first-order chi connectivity index (χ1) is 12.2. The molecule has 2 aromatic heterocycles. The summed E-state index contributed by atoms with van der Waals surface area (Å²) in [5.74, 6) is 0.344. The van der Waals surface area contributed by atoms with Crippen molar-refractivity contribution in [2.75, 3.05) is 0 Å². The molecular weight excluding hydrogens is 320 g/mol. The van der Waals surface area contributed by atoms with Crippen molar-refractivity contribution in [2.45, 2.75) is 31.5 Å². The smallest absolute Gasteiger partial charge is 0.273 e. The van der Waals surface area contributed by atoms with Crippen molar-refractivity contribution in [1.29, 1.82) is 0 Å². The van der Waals surface area contributed by atoms with Gasteiger partial charge < -0.3 is 14.9 Å². The van der Waals surface area contributed by atoms with Crippen LogP contribution in [-0.4, -0.2) is 32.0 Å². The van der Waals surface area contributed by atoms with E-state index in [9.17, 15) is 4.79 Å². The van der Waals surface area contributed by atoms with E-state index in [1.165, 1.54) is 0 Å². The Balaban J connectivity index is 1.34. The first kappa shape index (κ1) is 15.6. The number of aliphatic hydroxyl groups is 1. The van der Waals surface area contributed by atoms with Gasteiger partial charge in [0.2, 0.25) is 0 Å². The predicted molar refractivity (Wildman–Crippen MR) is 89.6 cm³/mol. The van der Waals surface area contributed by atoms with E-state index in [1.807, 2.05) is 41.2 Å². The van der Waals surface area contributed by atoms with Crippen molar-refractivity contribution in [3.63, 3.8) is 0 Å². The number of rotatable bonds is 5. The van der Waals surface area contributed by atoms with Crippen LogP contribution in [-0.2, 0) is 6.61 Å². The van der Waals surface area contributed by atoms with Crippen LogP contribution >= 0.6 is 0 Å². The van der Waals surface area contributed by atoms with E-state index in [1.54, 1.807) is 12.1 Å². The van der Waals surface area contributed by atoms with Gasteiger partial charge in [-0.05, 0) is 18.9 Å². The molecule has 0 radical (unpaired) electrons. The summed E-state index contributed by atoms with van der Waals surface area (Å²) in [4.78, 5) is 12.3. The highest BCUT2D eigenvalue weighted by Crippen LogP contribution is 2.32. The second-order valence-corrected chi connectivity index (χ2v) is 6.18. The number of carbonyl (C=O) groups is 1. The van der Waals surface area contributed by atoms with Gasteiger partial charge in [0.1, 0.15) is 0 Å². The van der Waals surface area contributed by atoms with Crippen molar-refractivity contribution in [3.8, 4) is 11.3 Å². The zero-order valence-corrected chi connectivity index (χ0v) is 13.5. The van der Waals surface area contributed by atoms with Gasteiger partial charge in [-0.2, -0.15) is 5.10 Å². The van der Waals surface area contributed by atoms with E-state index < -0.39 is 0 Å². The molecule has 1 fully saturated rings. The van der Waals surface area contributed by atoms with Crippen LogP contribution in [0.1, 0.15) is 35.1 Å². The van der Waals surface area contributed by atoms with Gasteiger partial charge in [0.25, 0.3) is 5.91 Å². The summed E-state index contributed by atoms with van der Waals surface area (Å²) in [7, 11) is 0. The molecule has 7 heteroatoms. The highest BCUT2D eigenvalue weighted by Gasteiger charge is 2.32. The zero-order valence-electron chi connectivity index (χ0n) is 13.5. The summed E-state index contributed by atoms with van der Waals surface area (Å²) in [5.41, 5.74) is 1.82. The van der Waals surface area contributed by atoms with Crippen LogP contribution < -0.4 is 5.32 Å². The standard InChI is InChI=1S/C18H18N4O3/c23-11-13-6-7-22(20-13)15-8-14(9-15)19-18(24)16-10-17(25-21-16)12-4-2-1-3-5-12/h1-7,10,14-15,23H,8-9,11H2,(H,19,24)/t14-,15+. The highest BCUT2D eigenvalue weighted by atomic mass is 16.5. The molecule has 1 saturated carbocycles. The molecule has 0 atom stereocenters. The molecule has 3 aromatic rings. The van der Waals surface area contributed by atoms with Gasteiger partial charge in [-0.15, -0.1) is 0 Å². The topological polar surface area (TPSA) is 93.2 Å². The monoisotopic (exact) mass is 338 g/mol. The molecule has 128 valence electrons. The van der Waals surface area contributed by atoms with E-state index in [2.05, 4.69) is 15.6 Å². The summed E-state index contributed by atoms with van der Waals surface area (Å²) in [6.45, 7) is -0.0597. The van der Waals surface area contributed by atoms with Crippen molar-refractivity contribution in [1.82, 2.24) is 20.3 Å². The molecule has 0 unspecified atom stereocenters. The maximum atomic E-state index is 12.3. The molecule has 1 aromatic carbocycles. The van der Waals surface area contributed by atoms with Gasteiger partial charge >= 0.3 is 0 Å². The maximum Gasteiger partial charge on any atom is 0.273 e. The Kier molecular flexibility index (Phi) is 4.07. The van der Waals surface area contributed by atoms with E-state index in [0.717, 1.165) is 18.4 Å². The Morgan fingerprint density at radius 2 is 2.08 bits per heavy atom. The number of aromatic nitrogens is 3. The van der Waals surface area contributed by atoms with E-state index in [-0.39, 0.29) is 30.3 Å². The minimum absolute atomic E-state index is 0.0597. The third-order valence-electron chi connectivity index (χ3n) is 4.45. The Bertz CT molecular complexity index is 865. The summed E-state index contributed by atoms with van der Waals surface area (Å²) in [5, 5.41) is 20.2. The number of carbonyl (C=O) groups excluding carboxylic acids is 1. The van der Waals surface area contributed by atoms with Crippen molar-refractivity contribution < 1.29 is 14.4 Å². The quantitative estimate of drug-likeness (QED) is 0.744. The molecule has 0 bridgehead atoms. The second kappa shape index (κ2) is 6.52. The fourth-order valence-electron chi connectivity index (χ4n) is 2.97. The van der Waals surface area contributed by atoms with Gasteiger partial charge in [-0.3, -0.25) is 9.48 Å². The average Bonchev–Trinajstić information content (AvgIpc) is 3.27. The summed E-state index contributed by atoms with van der Waals surface area (Å²) >= 11 is 0. The van der Waals surface area contributed by atoms with E-state index >= 15 is 0 Å². The molecule has 0 aliphatic heterocycles. The Labute approximate surface area is 144 Å². The highest BCUT2D eigenvalue weighted by molar-refractivity contribution is 5.93. The molecule has 1 amide bonds. The molecule has 0 saturated heterocycles. The minimum atomic E-state index is -0.231. The summed E-state index contributed by atoms with van der Waals surface area (Å²) in [6.07, 6.45) is 3.47. The summed E-state index contributed by atoms with van der Waals surface area (Å²) < 4.78 is 7.11.